The standard InChI is InChI=1S/C18H16N6OS2/c1-2-12-7-9-13(10-8-12)24-18(21-22-23-24)26-11-16(25)20-17-19-14-5-3-4-6-15(14)27-17/h3-10H,2,11H2,1H3,(H,19,20,25). The smallest absolute Gasteiger partial charge is 0.236 e. The van der Waals surface area contributed by atoms with Crippen LogP contribution in [0.25, 0.3) is 15.9 Å². The first kappa shape index (κ1) is 17.6. The maximum absolute atomic E-state index is 12.3. The van der Waals surface area contributed by atoms with E-state index in [1.807, 2.05) is 48.5 Å². The molecule has 2 heterocycles. The van der Waals surface area contributed by atoms with Gasteiger partial charge in [0.15, 0.2) is 5.13 Å². The predicted octanol–water partition coefficient (Wildman–Crippen LogP) is 3.57. The maximum Gasteiger partial charge on any atom is 0.236 e. The van der Waals surface area contributed by atoms with E-state index in [2.05, 4.69) is 32.7 Å². The Morgan fingerprint density at radius 3 is 2.78 bits per heavy atom. The molecule has 7 nitrogen and oxygen atoms in total. The van der Waals surface area contributed by atoms with Crippen LogP contribution < -0.4 is 5.32 Å². The molecule has 1 amide bonds. The molecule has 0 spiro atoms. The lowest BCUT2D eigenvalue weighted by molar-refractivity contribution is -0.113. The van der Waals surface area contributed by atoms with Crippen LogP contribution in [0.1, 0.15) is 12.5 Å². The molecular formula is C18H16N6OS2. The molecule has 0 aliphatic rings. The fraction of sp³-hybridized carbons (Fsp3) is 0.167. The number of thioether (sulfide) groups is 1. The zero-order chi connectivity index (χ0) is 18.6. The van der Waals surface area contributed by atoms with Gasteiger partial charge in [-0.1, -0.05) is 54.3 Å². The Balaban J connectivity index is 1.41. The summed E-state index contributed by atoms with van der Waals surface area (Å²) in [5.41, 5.74) is 2.99. The van der Waals surface area contributed by atoms with E-state index in [1.54, 1.807) is 4.68 Å². The number of anilines is 1. The highest BCUT2D eigenvalue weighted by atomic mass is 32.2. The molecule has 2 aromatic carbocycles. The van der Waals surface area contributed by atoms with E-state index < -0.39 is 0 Å². The van der Waals surface area contributed by atoms with Gasteiger partial charge in [-0.25, -0.2) is 4.98 Å². The molecule has 0 atom stereocenters. The minimum Gasteiger partial charge on any atom is -0.301 e. The van der Waals surface area contributed by atoms with Gasteiger partial charge in [-0.3, -0.25) is 4.79 Å². The number of rotatable bonds is 6. The first-order chi connectivity index (χ1) is 13.2. The Kier molecular flexibility index (Phi) is 5.12. The summed E-state index contributed by atoms with van der Waals surface area (Å²) in [6, 6.07) is 15.8. The molecule has 0 bridgehead atoms. The SMILES string of the molecule is CCc1ccc(-n2nnnc2SCC(=O)Nc2nc3ccccc3s2)cc1. The van der Waals surface area contributed by atoms with Gasteiger partial charge < -0.3 is 5.32 Å². The minimum atomic E-state index is -0.144. The van der Waals surface area contributed by atoms with Crippen molar-refractivity contribution in [2.24, 2.45) is 0 Å². The summed E-state index contributed by atoms with van der Waals surface area (Å²) in [6.45, 7) is 2.11. The average Bonchev–Trinajstić information content (AvgIpc) is 3.32. The number of carbonyl (C=O) groups is 1. The summed E-state index contributed by atoms with van der Waals surface area (Å²) < 4.78 is 2.68. The predicted molar refractivity (Wildman–Crippen MR) is 108 cm³/mol. The van der Waals surface area contributed by atoms with Crippen LogP contribution in [-0.2, 0) is 11.2 Å². The van der Waals surface area contributed by atoms with Crippen molar-refractivity contribution < 1.29 is 4.79 Å². The van der Waals surface area contributed by atoms with Crippen molar-refractivity contribution >= 4 is 44.4 Å². The van der Waals surface area contributed by atoms with Gasteiger partial charge >= 0.3 is 0 Å². The Labute approximate surface area is 163 Å². The topological polar surface area (TPSA) is 85.6 Å². The van der Waals surface area contributed by atoms with Crippen molar-refractivity contribution in [2.75, 3.05) is 11.1 Å². The second kappa shape index (κ2) is 7.85. The van der Waals surface area contributed by atoms with Crippen LogP contribution in [0.3, 0.4) is 0 Å². The molecule has 0 fully saturated rings. The second-order valence-electron chi connectivity index (χ2n) is 5.72. The van der Waals surface area contributed by atoms with Gasteiger partial charge in [0.1, 0.15) is 0 Å². The zero-order valence-corrected chi connectivity index (χ0v) is 16.1. The Bertz CT molecular complexity index is 1040. The van der Waals surface area contributed by atoms with E-state index in [0.717, 1.165) is 22.3 Å². The number of benzene rings is 2. The van der Waals surface area contributed by atoms with Gasteiger partial charge in [0, 0.05) is 0 Å². The lowest BCUT2D eigenvalue weighted by atomic mass is 10.1. The largest absolute Gasteiger partial charge is 0.301 e. The van der Waals surface area contributed by atoms with Gasteiger partial charge in [0.2, 0.25) is 11.1 Å². The first-order valence-corrected chi connectivity index (χ1v) is 10.2. The number of hydrogen-bond acceptors (Lipinski definition) is 7. The van der Waals surface area contributed by atoms with E-state index in [4.69, 9.17) is 0 Å². The van der Waals surface area contributed by atoms with Gasteiger partial charge in [0.25, 0.3) is 0 Å². The summed E-state index contributed by atoms with van der Waals surface area (Å²) in [5, 5.41) is 15.8. The first-order valence-electron chi connectivity index (χ1n) is 8.39. The van der Waals surface area contributed by atoms with E-state index in [9.17, 15) is 4.79 Å². The number of hydrogen-bond donors (Lipinski definition) is 1. The number of tetrazole rings is 1. The van der Waals surface area contributed by atoms with E-state index in [1.165, 1.54) is 28.7 Å². The van der Waals surface area contributed by atoms with Crippen LogP contribution in [-0.4, -0.2) is 36.9 Å². The highest BCUT2D eigenvalue weighted by Crippen LogP contribution is 2.26. The molecular weight excluding hydrogens is 380 g/mol. The monoisotopic (exact) mass is 396 g/mol. The molecule has 0 saturated heterocycles. The number of para-hydroxylation sites is 1. The van der Waals surface area contributed by atoms with Crippen LogP contribution in [0.5, 0.6) is 0 Å². The van der Waals surface area contributed by atoms with Crippen molar-refractivity contribution in [3.8, 4) is 5.69 Å². The van der Waals surface area contributed by atoms with E-state index in [0.29, 0.717) is 10.3 Å². The van der Waals surface area contributed by atoms with Gasteiger partial charge in [-0.15, -0.1) is 5.10 Å². The van der Waals surface area contributed by atoms with Crippen molar-refractivity contribution in [1.29, 1.82) is 0 Å². The Hall–Kier alpha value is -2.78. The van der Waals surface area contributed by atoms with E-state index >= 15 is 0 Å². The lowest BCUT2D eigenvalue weighted by Crippen LogP contribution is -2.14. The molecule has 0 unspecified atom stereocenters. The Morgan fingerprint density at radius 2 is 2.00 bits per heavy atom. The molecule has 9 heteroatoms. The molecule has 0 saturated carbocycles. The third-order valence-corrected chi connectivity index (χ3v) is 5.77. The molecule has 27 heavy (non-hydrogen) atoms. The number of aromatic nitrogens is 5. The number of nitrogens with one attached hydrogen (secondary N) is 1. The van der Waals surface area contributed by atoms with Crippen LogP contribution in [0.4, 0.5) is 5.13 Å². The van der Waals surface area contributed by atoms with Gasteiger partial charge in [-0.2, -0.15) is 4.68 Å². The van der Waals surface area contributed by atoms with Crippen molar-refractivity contribution in [1.82, 2.24) is 25.2 Å². The third kappa shape index (κ3) is 3.99. The fourth-order valence-corrected chi connectivity index (χ4v) is 4.09. The molecule has 1 N–H and O–H groups in total. The summed E-state index contributed by atoms with van der Waals surface area (Å²) in [6.07, 6.45) is 0.976. The third-order valence-electron chi connectivity index (χ3n) is 3.90. The van der Waals surface area contributed by atoms with Crippen molar-refractivity contribution in [3.63, 3.8) is 0 Å². The molecule has 136 valence electrons. The lowest BCUT2D eigenvalue weighted by Gasteiger charge is -2.05. The molecule has 4 aromatic rings. The highest BCUT2D eigenvalue weighted by molar-refractivity contribution is 7.99. The summed E-state index contributed by atoms with van der Waals surface area (Å²) in [5.74, 6) is 0.0542. The summed E-state index contributed by atoms with van der Waals surface area (Å²) in [7, 11) is 0. The van der Waals surface area contributed by atoms with Crippen LogP contribution in [0, 0.1) is 0 Å². The molecule has 0 radical (unpaired) electrons. The minimum absolute atomic E-state index is 0.144. The van der Waals surface area contributed by atoms with Crippen LogP contribution >= 0.6 is 23.1 Å². The van der Waals surface area contributed by atoms with Crippen LogP contribution in [0.2, 0.25) is 0 Å². The molecule has 0 aliphatic carbocycles. The number of aryl methyl sites for hydroxylation is 1. The number of carbonyl (C=O) groups excluding carboxylic acids is 1. The maximum atomic E-state index is 12.3. The van der Waals surface area contributed by atoms with Crippen molar-refractivity contribution in [2.45, 2.75) is 18.5 Å². The van der Waals surface area contributed by atoms with Gasteiger partial charge in [-0.05, 0) is 46.7 Å². The van der Waals surface area contributed by atoms with Crippen LogP contribution in [0.15, 0.2) is 53.7 Å². The Morgan fingerprint density at radius 1 is 1.19 bits per heavy atom. The number of thiazole rings is 1. The molecule has 2 aromatic heterocycles. The van der Waals surface area contributed by atoms with Crippen molar-refractivity contribution in [3.05, 3.63) is 54.1 Å². The quantitative estimate of drug-likeness (QED) is 0.502. The molecule has 4 rings (SSSR count). The average molecular weight is 397 g/mol. The number of fused-ring (bicyclic) bond motifs is 1. The summed E-state index contributed by atoms with van der Waals surface area (Å²) >= 11 is 2.74. The highest BCUT2D eigenvalue weighted by Gasteiger charge is 2.13. The zero-order valence-electron chi connectivity index (χ0n) is 14.5. The fourth-order valence-electron chi connectivity index (χ4n) is 2.51. The molecule has 0 aliphatic heterocycles. The number of amides is 1. The van der Waals surface area contributed by atoms with Gasteiger partial charge in [0.05, 0.1) is 21.7 Å². The summed E-state index contributed by atoms with van der Waals surface area (Å²) in [4.78, 5) is 16.7. The normalized spacial score (nSPS) is 11.0. The van der Waals surface area contributed by atoms with E-state index in [-0.39, 0.29) is 11.7 Å². The number of nitrogens with zero attached hydrogens (tertiary/aromatic N) is 5. The second-order valence-corrected chi connectivity index (χ2v) is 7.69.